The molecule has 0 bridgehead atoms. The minimum atomic E-state index is -0.406. The fourth-order valence-electron chi connectivity index (χ4n) is 1.57. The van der Waals surface area contributed by atoms with Crippen molar-refractivity contribution in [3.05, 3.63) is 58.6 Å². The zero-order valence-electron chi connectivity index (χ0n) is 9.04. The molecule has 0 fully saturated rings. The van der Waals surface area contributed by atoms with Gasteiger partial charge in [0, 0.05) is 17.8 Å². The van der Waals surface area contributed by atoms with Gasteiger partial charge in [0.25, 0.3) is 5.69 Å². The van der Waals surface area contributed by atoms with Gasteiger partial charge in [0.05, 0.1) is 11.0 Å². The lowest BCUT2D eigenvalue weighted by atomic mass is 10.2. The number of nitro benzene ring substituents is 1. The van der Waals surface area contributed by atoms with Crippen LogP contribution in [0.2, 0.25) is 0 Å². The van der Waals surface area contributed by atoms with Gasteiger partial charge in [-0.3, -0.25) is 15.4 Å². The summed E-state index contributed by atoms with van der Waals surface area (Å²) < 4.78 is 0. The van der Waals surface area contributed by atoms with E-state index < -0.39 is 4.92 Å². The molecule has 0 heterocycles. The monoisotopic (exact) mass is 230 g/mol. The molecule has 0 atom stereocenters. The first kappa shape index (κ1) is 11.1. The summed E-state index contributed by atoms with van der Waals surface area (Å²) in [5.74, 6) is 0. The highest BCUT2D eigenvalue weighted by Gasteiger charge is 2.08. The third kappa shape index (κ3) is 2.79. The second-order valence-electron chi connectivity index (χ2n) is 3.67. The van der Waals surface area contributed by atoms with E-state index >= 15 is 0 Å². The molecule has 0 radical (unpaired) electrons. The first-order valence-corrected chi connectivity index (χ1v) is 5.10. The number of non-ortho nitro benzene ring substituents is 1. The molecule has 2 aromatic rings. The highest BCUT2D eigenvalue weighted by molar-refractivity contribution is 5.49. The normalized spacial score (nSPS) is 10.1. The van der Waals surface area contributed by atoms with E-state index in [9.17, 15) is 10.1 Å². The van der Waals surface area contributed by atoms with E-state index in [0.29, 0.717) is 5.69 Å². The summed E-state index contributed by atoms with van der Waals surface area (Å²) in [7, 11) is 0. The molecule has 2 aromatic carbocycles. The quantitative estimate of drug-likeness (QED) is 0.478. The Labute approximate surface area is 98.0 Å². The van der Waals surface area contributed by atoms with E-state index in [0.717, 1.165) is 11.4 Å². The van der Waals surface area contributed by atoms with Gasteiger partial charge < -0.3 is 5.73 Å². The van der Waals surface area contributed by atoms with Crippen molar-refractivity contribution < 1.29 is 10.2 Å². The third-order valence-corrected chi connectivity index (χ3v) is 2.33. The molecule has 0 amide bonds. The summed E-state index contributed by atoms with van der Waals surface area (Å²) in [6, 6.07) is 13.8. The molecule has 0 saturated carbocycles. The number of benzene rings is 2. The maximum absolute atomic E-state index is 10.6. The zero-order valence-corrected chi connectivity index (χ0v) is 9.04. The van der Waals surface area contributed by atoms with Crippen molar-refractivity contribution in [2.45, 2.75) is 0 Å². The number of nitrogen functional groups attached to an aromatic ring is 1. The number of anilines is 1. The number of quaternary nitrogens is 1. The van der Waals surface area contributed by atoms with E-state index in [1.165, 1.54) is 12.1 Å². The molecule has 0 aliphatic heterocycles. The number of hydrogen-bond donors (Lipinski definition) is 2. The Morgan fingerprint density at radius 1 is 1.06 bits per heavy atom. The molecule has 4 N–H and O–H groups in total. The molecule has 2 rings (SSSR count). The number of hydrogen-bond acceptors (Lipinski definition) is 3. The molecule has 5 nitrogen and oxygen atoms in total. The van der Waals surface area contributed by atoms with Crippen LogP contribution >= 0.6 is 0 Å². The summed E-state index contributed by atoms with van der Waals surface area (Å²) in [6.45, 7) is 0. The van der Waals surface area contributed by atoms with E-state index in [1.54, 1.807) is 12.1 Å². The zero-order chi connectivity index (χ0) is 12.3. The molecule has 17 heavy (non-hydrogen) atoms. The first-order chi connectivity index (χ1) is 8.15. The summed E-state index contributed by atoms with van der Waals surface area (Å²) in [5, 5.41) is 12.5. The lowest BCUT2D eigenvalue weighted by Gasteiger charge is -2.01. The van der Waals surface area contributed by atoms with Crippen LogP contribution in [0.25, 0.3) is 0 Å². The highest BCUT2D eigenvalue weighted by atomic mass is 16.6. The van der Waals surface area contributed by atoms with Gasteiger partial charge in [0.15, 0.2) is 0 Å². The molecule has 0 aliphatic rings. The second-order valence-corrected chi connectivity index (χ2v) is 3.67. The van der Waals surface area contributed by atoms with E-state index in [4.69, 9.17) is 5.73 Å². The topological polar surface area (TPSA) is 85.8 Å². The highest BCUT2D eigenvalue weighted by Crippen LogP contribution is 2.15. The predicted molar refractivity (Wildman–Crippen MR) is 65.2 cm³/mol. The van der Waals surface area contributed by atoms with Crippen LogP contribution in [0.4, 0.5) is 22.7 Å². The molecule has 86 valence electrons. The maximum atomic E-state index is 10.6. The van der Waals surface area contributed by atoms with Gasteiger partial charge in [-0.2, -0.15) is 0 Å². The van der Waals surface area contributed by atoms with Crippen LogP contribution in [0.15, 0.2) is 48.5 Å². The van der Waals surface area contributed by atoms with Gasteiger partial charge in [0.1, 0.15) is 11.4 Å². The van der Waals surface area contributed by atoms with Crippen LogP contribution in [0.1, 0.15) is 0 Å². The Bertz CT molecular complexity index is 555. The molecule has 0 spiro atoms. The fourth-order valence-corrected chi connectivity index (χ4v) is 1.57. The molecule has 0 unspecified atom stereocenters. The summed E-state index contributed by atoms with van der Waals surface area (Å²) in [5.41, 5.74) is 8.12. The molecule has 0 saturated heterocycles. The Kier molecular flexibility index (Phi) is 3.02. The van der Waals surface area contributed by atoms with Crippen molar-refractivity contribution in [2.24, 2.45) is 0 Å². The maximum Gasteiger partial charge on any atom is 0.275 e. The SMILES string of the molecule is Nc1cccc([NH2+]c2cccc([N+](=O)[O-])c2)c1. The van der Waals surface area contributed by atoms with Gasteiger partial charge in [0.2, 0.25) is 0 Å². The van der Waals surface area contributed by atoms with Crippen molar-refractivity contribution >= 4 is 22.7 Å². The lowest BCUT2D eigenvalue weighted by molar-refractivity contribution is -0.479. The largest absolute Gasteiger partial charge is 0.399 e. The fraction of sp³-hybridized carbons (Fsp3) is 0. The smallest absolute Gasteiger partial charge is 0.275 e. The number of nitrogens with two attached hydrogens (primary N) is 2. The molecule has 0 aliphatic carbocycles. The number of rotatable bonds is 3. The molecular formula is C12H12N3O2+. The van der Waals surface area contributed by atoms with Crippen molar-refractivity contribution in [3.8, 4) is 0 Å². The van der Waals surface area contributed by atoms with Crippen molar-refractivity contribution in [1.82, 2.24) is 0 Å². The first-order valence-electron chi connectivity index (χ1n) is 5.10. The minimum Gasteiger partial charge on any atom is -0.399 e. The van der Waals surface area contributed by atoms with Gasteiger partial charge >= 0.3 is 0 Å². The van der Waals surface area contributed by atoms with Crippen LogP contribution in [-0.4, -0.2) is 4.92 Å². The van der Waals surface area contributed by atoms with Crippen LogP contribution < -0.4 is 11.1 Å². The minimum absolute atomic E-state index is 0.0858. The van der Waals surface area contributed by atoms with E-state index in [1.807, 2.05) is 29.6 Å². The molecule has 0 aromatic heterocycles. The van der Waals surface area contributed by atoms with Crippen LogP contribution in [0.5, 0.6) is 0 Å². The summed E-state index contributed by atoms with van der Waals surface area (Å²) >= 11 is 0. The summed E-state index contributed by atoms with van der Waals surface area (Å²) in [4.78, 5) is 10.2. The Hall–Kier alpha value is -2.40. The van der Waals surface area contributed by atoms with Gasteiger partial charge in [-0.15, -0.1) is 0 Å². The van der Waals surface area contributed by atoms with Crippen LogP contribution in [-0.2, 0) is 0 Å². The Balaban J connectivity index is 2.24. The van der Waals surface area contributed by atoms with Gasteiger partial charge in [-0.05, 0) is 24.3 Å². The van der Waals surface area contributed by atoms with Crippen molar-refractivity contribution in [3.63, 3.8) is 0 Å². The van der Waals surface area contributed by atoms with E-state index in [-0.39, 0.29) is 5.69 Å². The average Bonchev–Trinajstić information content (AvgIpc) is 2.29. The van der Waals surface area contributed by atoms with Crippen molar-refractivity contribution in [2.75, 3.05) is 5.73 Å². The molecular weight excluding hydrogens is 218 g/mol. The van der Waals surface area contributed by atoms with Crippen molar-refractivity contribution in [1.29, 1.82) is 0 Å². The average molecular weight is 230 g/mol. The van der Waals surface area contributed by atoms with Gasteiger partial charge in [-0.25, -0.2) is 0 Å². The van der Waals surface area contributed by atoms with Gasteiger partial charge in [-0.1, -0.05) is 6.07 Å². The van der Waals surface area contributed by atoms with Crippen LogP contribution in [0.3, 0.4) is 0 Å². The number of nitro groups is 1. The Morgan fingerprint density at radius 3 is 2.35 bits per heavy atom. The standard InChI is InChI=1S/C12H11N3O2/c13-9-3-1-4-10(7-9)14-11-5-2-6-12(8-11)15(16)17/h1-8,14H,13H2/p+1. The van der Waals surface area contributed by atoms with E-state index in [2.05, 4.69) is 0 Å². The van der Waals surface area contributed by atoms with Crippen LogP contribution in [0, 0.1) is 10.1 Å². The lowest BCUT2D eigenvalue weighted by Crippen LogP contribution is -2.70. The number of nitrogens with zero attached hydrogens (tertiary/aromatic N) is 1. The second kappa shape index (κ2) is 4.63. The third-order valence-electron chi connectivity index (χ3n) is 2.33. The summed E-state index contributed by atoms with van der Waals surface area (Å²) in [6.07, 6.45) is 0. The molecule has 5 heteroatoms. The predicted octanol–water partition coefficient (Wildman–Crippen LogP) is 1.70. The Morgan fingerprint density at radius 2 is 1.71 bits per heavy atom.